The van der Waals surface area contributed by atoms with Crippen molar-refractivity contribution in [3.05, 3.63) is 48.0 Å². The Kier molecular flexibility index (Phi) is 4.25. The summed E-state index contributed by atoms with van der Waals surface area (Å²) >= 11 is 0. The largest absolute Gasteiger partial charge is 0.363 e. The van der Waals surface area contributed by atoms with E-state index in [0.29, 0.717) is 5.69 Å². The normalized spacial score (nSPS) is 18.3. The molecule has 0 saturated carbocycles. The zero-order valence-corrected chi connectivity index (χ0v) is 16.2. The highest BCUT2D eigenvalue weighted by Gasteiger charge is 2.27. The smallest absolute Gasteiger partial charge is 0.178 e. The Balaban J connectivity index is 1.60. The molecule has 7 heteroatoms. The average Bonchev–Trinajstić information content (AvgIpc) is 3.06. The summed E-state index contributed by atoms with van der Waals surface area (Å²) in [5.41, 5.74) is 1.28. The van der Waals surface area contributed by atoms with Crippen LogP contribution in [0.4, 0.5) is 15.9 Å². The van der Waals surface area contributed by atoms with Gasteiger partial charge in [0.15, 0.2) is 11.5 Å². The van der Waals surface area contributed by atoms with Crippen molar-refractivity contribution in [2.75, 3.05) is 29.4 Å². The van der Waals surface area contributed by atoms with Crippen molar-refractivity contribution < 1.29 is 4.39 Å². The fourth-order valence-electron chi connectivity index (χ4n) is 3.62. The number of rotatable bonds is 2. The number of nitrogens with zero attached hydrogens (tertiary/aromatic N) is 6. The number of hydrogen-bond donors (Lipinski definition) is 0. The van der Waals surface area contributed by atoms with Gasteiger partial charge in [0.2, 0.25) is 0 Å². The van der Waals surface area contributed by atoms with E-state index >= 15 is 0 Å². The Bertz CT molecular complexity index is 961. The zero-order valence-electron chi connectivity index (χ0n) is 16.2. The molecule has 1 fully saturated rings. The van der Waals surface area contributed by atoms with Crippen LogP contribution in [0.3, 0.4) is 0 Å². The second-order valence-corrected chi connectivity index (χ2v) is 8.17. The Labute approximate surface area is 158 Å². The number of para-hydroxylation sites is 1. The highest BCUT2D eigenvalue weighted by atomic mass is 19.1. The molecule has 27 heavy (non-hydrogen) atoms. The lowest BCUT2D eigenvalue weighted by molar-refractivity contribution is 0.516. The standard InChI is InChI=1S/C20H25FN6/c1-14-13-25(11-12-26(14)16-8-6-5-7-15(16)21)18-10-9-17-22-23-19(20(2,3)4)27(17)24-18/h5-10,14H,11-13H2,1-4H3. The van der Waals surface area contributed by atoms with Crippen LogP contribution in [0.15, 0.2) is 36.4 Å². The van der Waals surface area contributed by atoms with Crippen LogP contribution in [0, 0.1) is 5.82 Å². The minimum Gasteiger partial charge on any atom is -0.363 e. The van der Waals surface area contributed by atoms with Crippen molar-refractivity contribution in [2.45, 2.75) is 39.2 Å². The number of piperazine rings is 1. The molecule has 2 aromatic heterocycles. The van der Waals surface area contributed by atoms with E-state index in [1.165, 1.54) is 6.07 Å². The monoisotopic (exact) mass is 368 g/mol. The highest BCUT2D eigenvalue weighted by Crippen LogP contribution is 2.26. The van der Waals surface area contributed by atoms with Crippen LogP contribution in [0.25, 0.3) is 5.65 Å². The van der Waals surface area contributed by atoms with Gasteiger partial charge in [0.1, 0.15) is 11.6 Å². The number of aromatic nitrogens is 4. The Morgan fingerprint density at radius 2 is 1.81 bits per heavy atom. The van der Waals surface area contributed by atoms with Crippen molar-refractivity contribution in [2.24, 2.45) is 0 Å². The molecule has 0 aliphatic carbocycles. The van der Waals surface area contributed by atoms with Crippen LogP contribution in [0.2, 0.25) is 0 Å². The van der Waals surface area contributed by atoms with Crippen LogP contribution in [0.5, 0.6) is 0 Å². The maximum Gasteiger partial charge on any atom is 0.178 e. The maximum absolute atomic E-state index is 14.2. The third-order valence-corrected chi connectivity index (χ3v) is 5.03. The van der Waals surface area contributed by atoms with Gasteiger partial charge >= 0.3 is 0 Å². The van der Waals surface area contributed by atoms with Crippen LogP contribution < -0.4 is 9.80 Å². The molecule has 1 aliphatic rings. The summed E-state index contributed by atoms with van der Waals surface area (Å²) in [5.74, 6) is 1.57. The van der Waals surface area contributed by atoms with Crippen LogP contribution in [-0.2, 0) is 5.41 Å². The van der Waals surface area contributed by atoms with E-state index in [9.17, 15) is 4.39 Å². The quantitative estimate of drug-likeness (QED) is 0.695. The number of fused-ring (bicyclic) bond motifs is 1. The lowest BCUT2D eigenvalue weighted by Crippen LogP contribution is -2.52. The van der Waals surface area contributed by atoms with Gasteiger partial charge in [0.25, 0.3) is 0 Å². The summed E-state index contributed by atoms with van der Waals surface area (Å²) in [6, 6.07) is 11.1. The van der Waals surface area contributed by atoms with Gasteiger partial charge in [0.05, 0.1) is 5.69 Å². The summed E-state index contributed by atoms with van der Waals surface area (Å²) in [7, 11) is 0. The van der Waals surface area contributed by atoms with E-state index in [-0.39, 0.29) is 17.3 Å². The molecule has 0 bridgehead atoms. The number of hydrogen-bond acceptors (Lipinski definition) is 5. The number of benzene rings is 1. The fraction of sp³-hybridized carbons (Fsp3) is 0.450. The highest BCUT2D eigenvalue weighted by molar-refractivity contribution is 5.52. The molecule has 0 N–H and O–H groups in total. The molecule has 3 heterocycles. The van der Waals surface area contributed by atoms with E-state index in [2.05, 4.69) is 47.7 Å². The summed E-state index contributed by atoms with van der Waals surface area (Å²) < 4.78 is 16.0. The van der Waals surface area contributed by atoms with Crippen molar-refractivity contribution in [3.63, 3.8) is 0 Å². The third-order valence-electron chi connectivity index (χ3n) is 5.03. The molecule has 0 spiro atoms. The van der Waals surface area contributed by atoms with E-state index in [4.69, 9.17) is 5.10 Å². The van der Waals surface area contributed by atoms with E-state index in [1.54, 1.807) is 6.07 Å². The van der Waals surface area contributed by atoms with Gasteiger partial charge < -0.3 is 9.80 Å². The topological polar surface area (TPSA) is 49.6 Å². The fourth-order valence-corrected chi connectivity index (χ4v) is 3.62. The Morgan fingerprint density at radius 1 is 1.04 bits per heavy atom. The van der Waals surface area contributed by atoms with Gasteiger partial charge in [-0.15, -0.1) is 15.3 Å². The van der Waals surface area contributed by atoms with E-state index < -0.39 is 0 Å². The summed E-state index contributed by atoms with van der Waals surface area (Å²) in [4.78, 5) is 4.37. The van der Waals surface area contributed by atoms with Gasteiger partial charge in [-0.3, -0.25) is 0 Å². The molecule has 0 radical (unpaired) electrons. The molecular formula is C20H25FN6. The zero-order chi connectivity index (χ0) is 19.2. The summed E-state index contributed by atoms with van der Waals surface area (Å²) in [6.07, 6.45) is 0. The Morgan fingerprint density at radius 3 is 2.52 bits per heavy atom. The molecule has 1 atom stereocenters. The van der Waals surface area contributed by atoms with Crippen LogP contribution in [-0.4, -0.2) is 45.5 Å². The number of halogens is 1. The molecule has 1 saturated heterocycles. The molecule has 6 nitrogen and oxygen atoms in total. The third kappa shape index (κ3) is 3.22. The van der Waals surface area contributed by atoms with Gasteiger partial charge in [-0.25, -0.2) is 4.39 Å². The average molecular weight is 368 g/mol. The first-order chi connectivity index (χ1) is 12.8. The first kappa shape index (κ1) is 17.7. The molecular weight excluding hydrogens is 343 g/mol. The molecule has 3 aromatic rings. The van der Waals surface area contributed by atoms with Crippen molar-refractivity contribution in [1.82, 2.24) is 19.8 Å². The van der Waals surface area contributed by atoms with E-state index in [0.717, 1.165) is 36.9 Å². The molecule has 1 aromatic carbocycles. The minimum atomic E-state index is -0.170. The SMILES string of the molecule is CC1CN(c2ccc3nnc(C(C)(C)C)n3n2)CCN1c1ccccc1F. The molecule has 142 valence electrons. The predicted octanol–water partition coefficient (Wildman–Crippen LogP) is 3.28. The van der Waals surface area contributed by atoms with Crippen molar-refractivity contribution in [3.8, 4) is 0 Å². The summed E-state index contributed by atoms with van der Waals surface area (Å²) in [6.45, 7) is 10.7. The second kappa shape index (κ2) is 6.48. The van der Waals surface area contributed by atoms with Gasteiger partial charge in [0, 0.05) is 31.1 Å². The minimum absolute atomic E-state index is 0.137. The summed E-state index contributed by atoms with van der Waals surface area (Å²) in [5, 5.41) is 13.3. The van der Waals surface area contributed by atoms with Gasteiger partial charge in [-0.05, 0) is 31.2 Å². The predicted molar refractivity (Wildman–Crippen MR) is 105 cm³/mol. The van der Waals surface area contributed by atoms with Gasteiger partial charge in [-0.2, -0.15) is 4.52 Å². The van der Waals surface area contributed by atoms with Crippen LogP contribution >= 0.6 is 0 Å². The second-order valence-electron chi connectivity index (χ2n) is 8.17. The molecule has 1 unspecified atom stereocenters. The first-order valence-corrected chi connectivity index (χ1v) is 9.33. The lowest BCUT2D eigenvalue weighted by atomic mass is 9.96. The van der Waals surface area contributed by atoms with E-state index in [1.807, 2.05) is 28.8 Å². The van der Waals surface area contributed by atoms with Crippen molar-refractivity contribution in [1.29, 1.82) is 0 Å². The molecule has 0 amide bonds. The van der Waals surface area contributed by atoms with Gasteiger partial charge in [-0.1, -0.05) is 32.9 Å². The number of anilines is 2. The van der Waals surface area contributed by atoms with Crippen LogP contribution in [0.1, 0.15) is 33.5 Å². The Hall–Kier alpha value is -2.70. The molecule has 4 rings (SSSR count). The first-order valence-electron chi connectivity index (χ1n) is 9.33. The lowest BCUT2D eigenvalue weighted by Gasteiger charge is -2.41. The van der Waals surface area contributed by atoms with Crippen molar-refractivity contribution >= 4 is 17.2 Å². The molecule has 1 aliphatic heterocycles. The maximum atomic E-state index is 14.2.